The zero-order chi connectivity index (χ0) is 10.8. The molecule has 0 amide bonds. The molecule has 0 radical (unpaired) electrons. The average Bonchev–Trinajstić information content (AvgIpc) is 2.64. The van der Waals surface area contributed by atoms with E-state index in [1.54, 1.807) is 18.3 Å². The fourth-order valence-electron chi connectivity index (χ4n) is 1.38. The van der Waals surface area contributed by atoms with Gasteiger partial charge in [0.2, 0.25) is 0 Å². The Morgan fingerprint density at radius 2 is 2.27 bits per heavy atom. The van der Waals surface area contributed by atoms with Gasteiger partial charge in [-0.1, -0.05) is 0 Å². The van der Waals surface area contributed by atoms with Gasteiger partial charge in [0.15, 0.2) is 11.6 Å². The Labute approximate surface area is 86.4 Å². The molecule has 0 aliphatic rings. The summed E-state index contributed by atoms with van der Waals surface area (Å²) >= 11 is 0. The van der Waals surface area contributed by atoms with Crippen LogP contribution in [0.25, 0.3) is 11.5 Å². The molecule has 0 aliphatic heterocycles. The number of ether oxygens (including phenoxy) is 1. The van der Waals surface area contributed by atoms with E-state index in [9.17, 15) is 4.79 Å². The molecular weight excluding hydrogens is 194 g/mol. The van der Waals surface area contributed by atoms with Gasteiger partial charge in [-0.3, -0.25) is 4.79 Å². The van der Waals surface area contributed by atoms with Crippen molar-refractivity contribution < 1.29 is 4.74 Å². The lowest BCUT2D eigenvalue weighted by Crippen LogP contribution is -2.10. The van der Waals surface area contributed by atoms with Gasteiger partial charge in [0.25, 0.3) is 5.56 Å². The fraction of sp³-hybridized carbons (Fsp3) is 0.200. The van der Waals surface area contributed by atoms with E-state index in [0.29, 0.717) is 11.4 Å². The lowest BCUT2D eigenvalue weighted by atomic mass is 10.3. The Kier molecular flexibility index (Phi) is 2.29. The molecule has 78 valence electrons. The van der Waals surface area contributed by atoms with Crippen LogP contribution in [0.1, 0.15) is 0 Å². The van der Waals surface area contributed by atoms with Crippen molar-refractivity contribution in [1.29, 1.82) is 0 Å². The molecule has 0 fully saturated rings. The van der Waals surface area contributed by atoms with E-state index in [0.717, 1.165) is 5.82 Å². The van der Waals surface area contributed by atoms with Crippen LogP contribution >= 0.6 is 0 Å². The highest BCUT2D eigenvalue weighted by Gasteiger charge is 2.06. The average molecular weight is 205 g/mol. The largest absolute Gasteiger partial charge is 0.491 e. The van der Waals surface area contributed by atoms with Crippen molar-refractivity contribution in [2.45, 2.75) is 0 Å². The number of H-pyrrole nitrogens is 1. The molecule has 0 spiro atoms. The van der Waals surface area contributed by atoms with Crippen molar-refractivity contribution in [3.63, 3.8) is 0 Å². The third-order valence-electron chi connectivity index (χ3n) is 2.16. The Morgan fingerprint density at radius 3 is 2.80 bits per heavy atom. The van der Waals surface area contributed by atoms with Crippen molar-refractivity contribution in [2.24, 2.45) is 7.05 Å². The maximum atomic E-state index is 11.5. The van der Waals surface area contributed by atoms with Gasteiger partial charge in [-0.2, -0.15) is 0 Å². The molecule has 0 saturated carbocycles. The third-order valence-corrected chi connectivity index (χ3v) is 2.16. The normalized spacial score (nSPS) is 10.3. The van der Waals surface area contributed by atoms with Crippen LogP contribution < -0.4 is 10.3 Å². The first-order valence-corrected chi connectivity index (χ1v) is 4.47. The second kappa shape index (κ2) is 3.61. The highest BCUT2D eigenvalue weighted by Crippen LogP contribution is 2.13. The maximum absolute atomic E-state index is 11.5. The number of nitrogens with one attached hydrogen (secondary N) is 1. The van der Waals surface area contributed by atoms with E-state index in [2.05, 4.69) is 9.97 Å². The molecule has 0 atom stereocenters. The number of imidazole rings is 1. The number of aryl methyl sites for hydroxylation is 1. The van der Waals surface area contributed by atoms with E-state index in [1.165, 1.54) is 7.11 Å². The van der Waals surface area contributed by atoms with Crippen LogP contribution in [0.2, 0.25) is 0 Å². The van der Waals surface area contributed by atoms with Gasteiger partial charge >= 0.3 is 0 Å². The molecule has 2 rings (SSSR count). The molecule has 0 aliphatic carbocycles. The SMILES string of the molecule is COc1ccc(-c2nccn2C)[nH]c1=O. The molecular formula is C10H11N3O2. The number of hydrogen-bond donors (Lipinski definition) is 1. The summed E-state index contributed by atoms with van der Waals surface area (Å²) in [6.45, 7) is 0. The molecule has 5 heteroatoms. The molecule has 1 N–H and O–H groups in total. The minimum Gasteiger partial charge on any atom is -0.491 e. The van der Waals surface area contributed by atoms with Crippen molar-refractivity contribution >= 4 is 0 Å². The second-order valence-corrected chi connectivity index (χ2v) is 3.13. The van der Waals surface area contributed by atoms with Gasteiger partial charge in [0.05, 0.1) is 12.8 Å². The quantitative estimate of drug-likeness (QED) is 0.788. The van der Waals surface area contributed by atoms with Crippen LogP contribution in [0.15, 0.2) is 29.3 Å². The Morgan fingerprint density at radius 1 is 1.47 bits per heavy atom. The molecule has 0 unspecified atom stereocenters. The first kappa shape index (κ1) is 9.51. The molecule has 15 heavy (non-hydrogen) atoms. The standard InChI is InChI=1S/C10H11N3O2/c1-13-6-5-11-9(13)7-3-4-8(15-2)10(14)12-7/h3-6H,1-2H3,(H,12,14). The lowest BCUT2D eigenvalue weighted by molar-refractivity contribution is 0.408. The summed E-state index contributed by atoms with van der Waals surface area (Å²) in [4.78, 5) is 18.3. The summed E-state index contributed by atoms with van der Waals surface area (Å²) < 4.78 is 6.71. The van der Waals surface area contributed by atoms with Crippen LogP contribution in [0, 0.1) is 0 Å². The zero-order valence-electron chi connectivity index (χ0n) is 8.52. The molecule has 0 bridgehead atoms. The number of methoxy groups -OCH3 is 1. The van der Waals surface area contributed by atoms with Gasteiger partial charge in [0.1, 0.15) is 0 Å². The van der Waals surface area contributed by atoms with Crippen LogP contribution in [0.4, 0.5) is 0 Å². The summed E-state index contributed by atoms with van der Waals surface area (Å²) in [6.07, 6.45) is 3.50. The monoisotopic (exact) mass is 205 g/mol. The van der Waals surface area contributed by atoms with Gasteiger partial charge < -0.3 is 14.3 Å². The number of hydrogen-bond acceptors (Lipinski definition) is 3. The Hall–Kier alpha value is -2.04. The molecule has 2 heterocycles. The highest BCUT2D eigenvalue weighted by atomic mass is 16.5. The van der Waals surface area contributed by atoms with E-state index < -0.39 is 0 Å². The summed E-state index contributed by atoms with van der Waals surface area (Å²) in [5.41, 5.74) is 0.423. The summed E-state index contributed by atoms with van der Waals surface area (Å²) in [6, 6.07) is 3.39. The first-order valence-electron chi connectivity index (χ1n) is 4.47. The van der Waals surface area contributed by atoms with Crippen LogP contribution in [-0.2, 0) is 7.05 Å². The molecule has 0 aromatic carbocycles. The highest BCUT2D eigenvalue weighted by molar-refractivity contribution is 5.50. The van der Waals surface area contributed by atoms with E-state index in [-0.39, 0.29) is 5.56 Å². The number of rotatable bonds is 2. The van der Waals surface area contributed by atoms with E-state index >= 15 is 0 Å². The topological polar surface area (TPSA) is 59.9 Å². The minimum absolute atomic E-state index is 0.252. The minimum atomic E-state index is -0.252. The summed E-state index contributed by atoms with van der Waals surface area (Å²) in [7, 11) is 3.33. The zero-order valence-corrected chi connectivity index (χ0v) is 8.52. The van der Waals surface area contributed by atoms with Crippen molar-refractivity contribution in [3.8, 4) is 17.3 Å². The summed E-state index contributed by atoms with van der Waals surface area (Å²) in [5, 5.41) is 0. The van der Waals surface area contributed by atoms with Gasteiger partial charge in [0, 0.05) is 19.4 Å². The molecule has 2 aromatic heterocycles. The van der Waals surface area contributed by atoms with Gasteiger partial charge in [-0.25, -0.2) is 4.98 Å². The van der Waals surface area contributed by atoms with Crippen molar-refractivity contribution in [2.75, 3.05) is 7.11 Å². The van der Waals surface area contributed by atoms with Gasteiger partial charge in [-0.05, 0) is 12.1 Å². The van der Waals surface area contributed by atoms with E-state index in [1.807, 2.05) is 17.8 Å². The third kappa shape index (κ3) is 1.63. The number of aromatic amines is 1. The van der Waals surface area contributed by atoms with Gasteiger partial charge in [-0.15, -0.1) is 0 Å². The predicted octanol–water partition coefficient (Wildman–Crippen LogP) is 0.784. The Bertz CT molecular complexity index is 527. The van der Waals surface area contributed by atoms with E-state index in [4.69, 9.17) is 4.74 Å². The maximum Gasteiger partial charge on any atom is 0.290 e. The number of nitrogens with zero attached hydrogens (tertiary/aromatic N) is 2. The Balaban J connectivity index is 2.52. The second-order valence-electron chi connectivity index (χ2n) is 3.13. The molecule has 2 aromatic rings. The van der Waals surface area contributed by atoms with Crippen LogP contribution in [0.5, 0.6) is 5.75 Å². The fourth-order valence-corrected chi connectivity index (χ4v) is 1.38. The lowest BCUT2D eigenvalue weighted by Gasteiger charge is -2.03. The van der Waals surface area contributed by atoms with Crippen molar-refractivity contribution in [3.05, 3.63) is 34.9 Å². The smallest absolute Gasteiger partial charge is 0.290 e. The molecule has 0 saturated heterocycles. The first-order chi connectivity index (χ1) is 7.22. The van der Waals surface area contributed by atoms with Crippen molar-refractivity contribution in [1.82, 2.24) is 14.5 Å². The van der Waals surface area contributed by atoms with Crippen LogP contribution in [0.3, 0.4) is 0 Å². The summed E-state index contributed by atoms with van der Waals surface area (Å²) in [5.74, 6) is 1.02. The predicted molar refractivity (Wildman–Crippen MR) is 55.8 cm³/mol. The number of aromatic nitrogens is 3. The van der Waals surface area contributed by atoms with Crippen LogP contribution in [-0.4, -0.2) is 21.6 Å². The number of pyridine rings is 1. The molecule has 5 nitrogen and oxygen atoms in total.